The summed E-state index contributed by atoms with van der Waals surface area (Å²) < 4.78 is 6.77. The zero-order valence-corrected chi connectivity index (χ0v) is 9.51. The molecular weight excluding hydrogens is 210 g/mol. The summed E-state index contributed by atoms with van der Waals surface area (Å²) in [6.45, 7) is 2.64. The number of carbonyl (C=O) groups excluding carboxylic acids is 1. The van der Waals surface area contributed by atoms with E-state index in [1.165, 1.54) is 0 Å². The molecule has 1 rings (SSSR count). The van der Waals surface area contributed by atoms with Crippen LogP contribution < -0.4 is 11.1 Å². The standard InChI is InChI=1S/C9H17N5O2/c1-7(9-13-11-6-14(9)2)12-8(15)5-16-4-3-10/h6-7H,3-5,10H2,1-2H3,(H,12,15). The molecule has 1 heterocycles. The summed E-state index contributed by atoms with van der Waals surface area (Å²) in [5.74, 6) is 0.510. The molecule has 0 radical (unpaired) electrons. The van der Waals surface area contributed by atoms with Crippen molar-refractivity contribution in [3.63, 3.8) is 0 Å². The zero-order valence-electron chi connectivity index (χ0n) is 9.51. The maximum absolute atomic E-state index is 11.4. The number of ether oxygens (including phenoxy) is 1. The highest BCUT2D eigenvalue weighted by molar-refractivity contribution is 5.77. The van der Waals surface area contributed by atoms with E-state index in [4.69, 9.17) is 10.5 Å². The van der Waals surface area contributed by atoms with Gasteiger partial charge >= 0.3 is 0 Å². The summed E-state index contributed by atoms with van der Waals surface area (Å²) in [6.07, 6.45) is 1.59. The van der Waals surface area contributed by atoms with E-state index in [0.717, 1.165) is 0 Å². The van der Waals surface area contributed by atoms with E-state index >= 15 is 0 Å². The molecule has 1 atom stereocenters. The van der Waals surface area contributed by atoms with Crippen molar-refractivity contribution in [1.29, 1.82) is 0 Å². The molecule has 7 nitrogen and oxygen atoms in total. The van der Waals surface area contributed by atoms with Crippen LogP contribution in [0, 0.1) is 0 Å². The number of nitrogens with two attached hydrogens (primary N) is 1. The van der Waals surface area contributed by atoms with Crippen LogP contribution in [-0.4, -0.2) is 40.4 Å². The van der Waals surface area contributed by atoms with Gasteiger partial charge < -0.3 is 20.4 Å². The average Bonchev–Trinajstić information content (AvgIpc) is 2.65. The second-order valence-corrected chi connectivity index (χ2v) is 3.43. The van der Waals surface area contributed by atoms with Crippen LogP contribution in [0.15, 0.2) is 6.33 Å². The number of carbonyl (C=O) groups is 1. The molecule has 0 saturated heterocycles. The van der Waals surface area contributed by atoms with Gasteiger partial charge in [-0.3, -0.25) is 4.79 Å². The van der Waals surface area contributed by atoms with Crippen molar-refractivity contribution in [2.45, 2.75) is 13.0 Å². The first-order valence-corrected chi connectivity index (χ1v) is 5.06. The molecule has 1 unspecified atom stereocenters. The van der Waals surface area contributed by atoms with Gasteiger partial charge in [0.25, 0.3) is 0 Å². The molecule has 1 aromatic rings. The van der Waals surface area contributed by atoms with E-state index in [-0.39, 0.29) is 18.6 Å². The second-order valence-electron chi connectivity index (χ2n) is 3.43. The van der Waals surface area contributed by atoms with Gasteiger partial charge in [-0.2, -0.15) is 0 Å². The van der Waals surface area contributed by atoms with Crippen LogP contribution in [0.1, 0.15) is 18.8 Å². The molecule has 16 heavy (non-hydrogen) atoms. The number of rotatable bonds is 6. The molecule has 0 saturated carbocycles. The molecular formula is C9H17N5O2. The fourth-order valence-corrected chi connectivity index (χ4v) is 1.28. The molecule has 0 aliphatic carbocycles. The Labute approximate surface area is 94.0 Å². The number of nitrogens with one attached hydrogen (secondary N) is 1. The minimum Gasteiger partial charge on any atom is -0.370 e. The number of amides is 1. The van der Waals surface area contributed by atoms with Gasteiger partial charge in [0.1, 0.15) is 12.9 Å². The number of hydrogen-bond donors (Lipinski definition) is 2. The average molecular weight is 227 g/mol. The van der Waals surface area contributed by atoms with E-state index in [1.807, 2.05) is 14.0 Å². The maximum Gasteiger partial charge on any atom is 0.246 e. The van der Waals surface area contributed by atoms with Crippen LogP contribution in [-0.2, 0) is 16.6 Å². The van der Waals surface area contributed by atoms with Gasteiger partial charge in [-0.05, 0) is 6.92 Å². The summed E-state index contributed by atoms with van der Waals surface area (Å²) in [7, 11) is 1.82. The normalized spacial score (nSPS) is 12.4. The lowest BCUT2D eigenvalue weighted by atomic mass is 10.3. The van der Waals surface area contributed by atoms with E-state index in [9.17, 15) is 4.79 Å². The molecule has 0 aromatic carbocycles. The van der Waals surface area contributed by atoms with Gasteiger partial charge in [0, 0.05) is 13.6 Å². The number of nitrogens with zero attached hydrogens (tertiary/aromatic N) is 3. The zero-order chi connectivity index (χ0) is 12.0. The minimum atomic E-state index is -0.193. The molecule has 0 fully saturated rings. The predicted molar refractivity (Wildman–Crippen MR) is 57.4 cm³/mol. The number of aryl methyl sites for hydroxylation is 1. The van der Waals surface area contributed by atoms with Crippen LogP contribution in [0.4, 0.5) is 0 Å². The van der Waals surface area contributed by atoms with Crippen LogP contribution >= 0.6 is 0 Å². The van der Waals surface area contributed by atoms with E-state index in [2.05, 4.69) is 15.5 Å². The SMILES string of the molecule is CC(NC(=O)COCCN)c1nncn1C. The Kier molecular flexibility index (Phi) is 4.87. The lowest BCUT2D eigenvalue weighted by Gasteiger charge is -2.12. The molecule has 0 spiro atoms. The Morgan fingerprint density at radius 1 is 1.75 bits per heavy atom. The fraction of sp³-hybridized carbons (Fsp3) is 0.667. The molecule has 90 valence electrons. The Bertz CT molecular complexity index is 338. The highest BCUT2D eigenvalue weighted by atomic mass is 16.5. The lowest BCUT2D eigenvalue weighted by molar-refractivity contribution is -0.126. The number of aromatic nitrogens is 3. The molecule has 1 amide bonds. The maximum atomic E-state index is 11.4. The summed E-state index contributed by atoms with van der Waals surface area (Å²) in [5.41, 5.74) is 5.23. The largest absolute Gasteiger partial charge is 0.370 e. The summed E-state index contributed by atoms with van der Waals surface area (Å²) in [5, 5.41) is 10.4. The van der Waals surface area contributed by atoms with Crippen molar-refractivity contribution >= 4 is 5.91 Å². The smallest absolute Gasteiger partial charge is 0.246 e. The van der Waals surface area contributed by atoms with Crippen molar-refractivity contribution in [2.75, 3.05) is 19.8 Å². The quantitative estimate of drug-likeness (QED) is 0.606. The van der Waals surface area contributed by atoms with Crippen molar-refractivity contribution in [3.8, 4) is 0 Å². The fourth-order valence-electron chi connectivity index (χ4n) is 1.28. The summed E-state index contributed by atoms with van der Waals surface area (Å²) in [4.78, 5) is 11.4. The van der Waals surface area contributed by atoms with E-state index < -0.39 is 0 Å². The Morgan fingerprint density at radius 3 is 3.06 bits per heavy atom. The van der Waals surface area contributed by atoms with Crippen LogP contribution in [0.3, 0.4) is 0 Å². The molecule has 0 aliphatic rings. The molecule has 3 N–H and O–H groups in total. The van der Waals surface area contributed by atoms with Crippen molar-refractivity contribution in [3.05, 3.63) is 12.2 Å². The highest BCUT2D eigenvalue weighted by Crippen LogP contribution is 2.06. The highest BCUT2D eigenvalue weighted by Gasteiger charge is 2.13. The van der Waals surface area contributed by atoms with Crippen molar-refractivity contribution in [1.82, 2.24) is 20.1 Å². The Balaban J connectivity index is 2.37. The first-order valence-electron chi connectivity index (χ1n) is 5.06. The summed E-state index contributed by atoms with van der Waals surface area (Å²) in [6, 6.07) is -0.193. The summed E-state index contributed by atoms with van der Waals surface area (Å²) >= 11 is 0. The van der Waals surface area contributed by atoms with Crippen molar-refractivity contribution < 1.29 is 9.53 Å². The molecule has 0 bridgehead atoms. The minimum absolute atomic E-state index is 0.0133. The van der Waals surface area contributed by atoms with E-state index in [0.29, 0.717) is 19.0 Å². The lowest BCUT2D eigenvalue weighted by Crippen LogP contribution is -2.32. The third-order valence-electron chi connectivity index (χ3n) is 2.01. The Morgan fingerprint density at radius 2 is 2.50 bits per heavy atom. The topological polar surface area (TPSA) is 95.1 Å². The number of hydrogen-bond acceptors (Lipinski definition) is 5. The van der Waals surface area contributed by atoms with E-state index in [1.54, 1.807) is 10.9 Å². The second kappa shape index (κ2) is 6.19. The third-order valence-corrected chi connectivity index (χ3v) is 2.01. The first-order chi connectivity index (χ1) is 7.65. The molecule has 1 aromatic heterocycles. The van der Waals surface area contributed by atoms with Gasteiger partial charge in [0.05, 0.1) is 12.6 Å². The molecule has 7 heteroatoms. The van der Waals surface area contributed by atoms with Gasteiger partial charge in [-0.15, -0.1) is 10.2 Å². The van der Waals surface area contributed by atoms with Crippen LogP contribution in [0.5, 0.6) is 0 Å². The van der Waals surface area contributed by atoms with Gasteiger partial charge in [0.15, 0.2) is 5.82 Å². The monoisotopic (exact) mass is 227 g/mol. The van der Waals surface area contributed by atoms with Gasteiger partial charge in [-0.25, -0.2) is 0 Å². The van der Waals surface area contributed by atoms with Crippen LogP contribution in [0.25, 0.3) is 0 Å². The third kappa shape index (κ3) is 3.59. The Hall–Kier alpha value is -1.47. The van der Waals surface area contributed by atoms with Crippen LogP contribution in [0.2, 0.25) is 0 Å². The van der Waals surface area contributed by atoms with Gasteiger partial charge in [0.2, 0.25) is 5.91 Å². The predicted octanol–water partition coefficient (Wildman–Crippen LogP) is -1.03. The van der Waals surface area contributed by atoms with Gasteiger partial charge in [-0.1, -0.05) is 0 Å². The first kappa shape index (κ1) is 12.6. The van der Waals surface area contributed by atoms with Crippen molar-refractivity contribution in [2.24, 2.45) is 12.8 Å². The molecule has 0 aliphatic heterocycles.